The Labute approximate surface area is 215 Å². The first-order valence-corrected chi connectivity index (χ1v) is 13.1. The summed E-state index contributed by atoms with van der Waals surface area (Å²) in [5, 5.41) is 6.68. The number of carbonyl (C=O) groups is 2. The van der Waals surface area contributed by atoms with E-state index in [0.29, 0.717) is 15.6 Å². The van der Waals surface area contributed by atoms with Gasteiger partial charge in [-0.3, -0.25) is 13.9 Å². The van der Waals surface area contributed by atoms with Crippen molar-refractivity contribution in [1.82, 2.24) is 10.7 Å². The molecule has 3 rings (SSSR count). The summed E-state index contributed by atoms with van der Waals surface area (Å²) in [5.74, 6) is -1.31. The van der Waals surface area contributed by atoms with Gasteiger partial charge in [-0.1, -0.05) is 42.5 Å². The highest BCUT2D eigenvalue weighted by Gasteiger charge is 2.23. The van der Waals surface area contributed by atoms with E-state index in [9.17, 15) is 22.4 Å². The van der Waals surface area contributed by atoms with E-state index in [1.165, 1.54) is 24.4 Å². The molecular formula is C26H27FN4O5S. The fourth-order valence-corrected chi connectivity index (χ4v) is 4.14. The Bertz CT molecular complexity index is 1350. The molecule has 3 aromatic carbocycles. The molecule has 2 N–H and O–H groups in total. The van der Waals surface area contributed by atoms with E-state index in [1.54, 1.807) is 24.3 Å². The summed E-state index contributed by atoms with van der Waals surface area (Å²) in [7, 11) is -3.91. The molecule has 194 valence electrons. The van der Waals surface area contributed by atoms with Crippen LogP contribution in [0, 0.1) is 5.82 Å². The molecule has 0 radical (unpaired) electrons. The van der Waals surface area contributed by atoms with Crippen LogP contribution in [-0.4, -0.2) is 45.9 Å². The van der Waals surface area contributed by atoms with Gasteiger partial charge in [0.1, 0.15) is 18.1 Å². The molecule has 0 fully saturated rings. The number of rotatable bonds is 11. The molecule has 0 aliphatic rings. The number of nitrogens with zero attached hydrogens (tertiary/aromatic N) is 2. The van der Waals surface area contributed by atoms with Gasteiger partial charge in [-0.2, -0.15) is 5.10 Å². The average molecular weight is 527 g/mol. The van der Waals surface area contributed by atoms with Crippen molar-refractivity contribution in [2.24, 2.45) is 5.10 Å². The molecule has 11 heteroatoms. The summed E-state index contributed by atoms with van der Waals surface area (Å²) >= 11 is 0. The molecule has 1 unspecified atom stereocenters. The lowest BCUT2D eigenvalue weighted by Crippen LogP contribution is -2.39. The van der Waals surface area contributed by atoms with E-state index >= 15 is 0 Å². The van der Waals surface area contributed by atoms with Gasteiger partial charge in [0.2, 0.25) is 10.0 Å². The summed E-state index contributed by atoms with van der Waals surface area (Å²) in [6, 6.07) is 21.3. The number of anilines is 1. The number of nitrogens with one attached hydrogen (secondary N) is 2. The van der Waals surface area contributed by atoms with Crippen LogP contribution in [0.4, 0.5) is 10.1 Å². The fourth-order valence-electron chi connectivity index (χ4n) is 3.29. The number of halogens is 1. The van der Waals surface area contributed by atoms with Crippen molar-refractivity contribution in [2.45, 2.75) is 13.0 Å². The van der Waals surface area contributed by atoms with E-state index in [1.807, 2.05) is 37.3 Å². The third kappa shape index (κ3) is 8.43. The van der Waals surface area contributed by atoms with Crippen LogP contribution in [-0.2, 0) is 19.6 Å². The highest BCUT2D eigenvalue weighted by Crippen LogP contribution is 2.21. The van der Waals surface area contributed by atoms with E-state index in [2.05, 4.69) is 15.8 Å². The SMILES string of the molecule is CC(NC(=O)COc1ccc(/C=N/NC(=O)CN(c2ccccc2F)S(C)(=O)=O)cc1)c1ccccc1. The van der Waals surface area contributed by atoms with Crippen LogP contribution in [0.15, 0.2) is 84.0 Å². The summed E-state index contributed by atoms with van der Waals surface area (Å²) in [5.41, 5.74) is 3.60. The number of hydrogen-bond acceptors (Lipinski definition) is 6. The normalized spacial score (nSPS) is 12.1. The lowest BCUT2D eigenvalue weighted by Gasteiger charge is -2.21. The lowest BCUT2D eigenvalue weighted by molar-refractivity contribution is -0.123. The summed E-state index contributed by atoms with van der Waals surface area (Å²) in [6.45, 7) is 1.09. The van der Waals surface area contributed by atoms with Crippen molar-refractivity contribution >= 4 is 33.7 Å². The molecule has 0 saturated carbocycles. The van der Waals surface area contributed by atoms with Crippen LogP contribution in [0.2, 0.25) is 0 Å². The minimum atomic E-state index is -3.91. The van der Waals surface area contributed by atoms with Gasteiger partial charge in [0.15, 0.2) is 6.61 Å². The molecule has 0 aromatic heterocycles. The van der Waals surface area contributed by atoms with Gasteiger partial charge in [-0.15, -0.1) is 0 Å². The highest BCUT2D eigenvalue weighted by molar-refractivity contribution is 7.92. The molecule has 0 heterocycles. The number of amides is 2. The first-order valence-electron chi connectivity index (χ1n) is 11.2. The topological polar surface area (TPSA) is 117 Å². The second-order valence-corrected chi connectivity index (χ2v) is 9.98. The molecular weight excluding hydrogens is 499 g/mol. The second kappa shape index (κ2) is 12.6. The Morgan fingerprint density at radius 3 is 2.30 bits per heavy atom. The van der Waals surface area contributed by atoms with Gasteiger partial charge in [0, 0.05) is 0 Å². The van der Waals surface area contributed by atoms with Gasteiger partial charge in [-0.25, -0.2) is 18.2 Å². The maximum atomic E-state index is 14.1. The van der Waals surface area contributed by atoms with E-state index < -0.39 is 28.3 Å². The van der Waals surface area contributed by atoms with Gasteiger partial charge < -0.3 is 10.1 Å². The monoisotopic (exact) mass is 526 g/mol. The molecule has 3 aromatic rings. The van der Waals surface area contributed by atoms with Crippen LogP contribution in [0.3, 0.4) is 0 Å². The third-order valence-corrected chi connectivity index (χ3v) is 6.27. The third-order valence-electron chi connectivity index (χ3n) is 5.14. The van der Waals surface area contributed by atoms with Crippen LogP contribution in [0.5, 0.6) is 5.75 Å². The van der Waals surface area contributed by atoms with Gasteiger partial charge >= 0.3 is 0 Å². The minimum Gasteiger partial charge on any atom is -0.484 e. The first-order chi connectivity index (χ1) is 17.6. The molecule has 2 amide bonds. The molecule has 37 heavy (non-hydrogen) atoms. The van der Waals surface area contributed by atoms with Crippen molar-refractivity contribution in [1.29, 1.82) is 0 Å². The summed E-state index contributed by atoms with van der Waals surface area (Å²) < 4.78 is 44.4. The van der Waals surface area contributed by atoms with E-state index in [0.717, 1.165) is 17.9 Å². The fraction of sp³-hybridized carbons (Fsp3) is 0.192. The number of hydrazone groups is 1. The van der Waals surface area contributed by atoms with Crippen LogP contribution in [0.25, 0.3) is 0 Å². The van der Waals surface area contributed by atoms with Crippen molar-refractivity contribution in [3.63, 3.8) is 0 Å². The van der Waals surface area contributed by atoms with Gasteiger partial charge in [0.05, 0.1) is 24.2 Å². The molecule has 0 aliphatic heterocycles. The molecule has 9 nitrogen and oxygen atoms in total. The Morgan fingerprint density at radius 1 is 1.00 bits per heavy atom. The summed E-state index contributed by atoms with van der Waals surface area (Å²) in [4.78, 5) is 24.4. The maximum Gasteiger partial charge on any atom is 0.260 e. The average Bonchev–Trinajstić information content (AvgIpc) is 2.87. The van der Waals surface area contributed by atoms with Crippen molar-refractivity contribution in [2.75, 3.05) is 23.7 Å². The number of ether oxygens (including phenoxy) is 1. The molecule has 1 atom stereocenters. The smallest absolute Gasteiger partial charge is 0.260 e. The van der Waals surface area contributed by atoms with Crippen LogP contribution in [0.1, 0.15) is 24.1 Å². The zero-order valence-electron chi connectivity index (χ0n) is 20.3. The standard InChI is InChI=1S/C26H27FN4O5S/c1-19(21-8-4-3-5-9-21)29-26(33)18-36-22-14-12-20(13-15-22)16-28-30-25(32)17-31(37(2,34)35)24-11-7-6-10-23(24)27/h3-16,19H,17-18H2,1-2H3,(H,29,33)(H,30,32)/b28-16+. The zero-order valence-corrected chi connectivity index (χ0v) is 21.1. The maximum absolute atomic E-state index is 14.1. The number of para-hydroxylation sites is 1. The van der Waals surface area contributed by atoms with Gasteiger partial charge in [0.25, 0.3) is 11.8 Å². The molecule has 0 bridgehead atoms. The zero-order chi connectivity index (χ0) is 26.8. The molecule has 0 aliphatic carbocycles. The number of hydrogen-bond donors (Lipinski definition) is 2. The Morgan fingerprint density at radius 2 is 1.65 bits per heavy atom. The largest absolute Gasteiger partial charge is 0.484 e. The van der Waals surface area contributed by atoms with Gasteiger partial charge in [-0.05, 0) is 54.4 Å². The lowest BCUT2D eigenvalue weighted by atomic mass is 10.1. The predicted octanol–water partition coefficient (Wildman–Crippen LogP) is 3.00. The molecule has 0 saturated heterocycles. The van der Waals surface area contributed by atoms with E-state index in [4.69, 9.17) is 4.74 Å². The van der Waals surface area contributed by atoms with Crippen molar-refractivity contribution < 1.29 is 27.1 Å². The van der Waals surface area contributed by atoms with Crippen LogP contribution < -0.4 is 19.8 Å². The predicted molar refractivity (Wildman–Crippen MR) is 139 cm³/mol. The Balaban J connectivity index is 1.48. The van der Waals surface area contributed by atoms with Crippen molar-refractivity contribution in [3.8, 4) is 5.75 Å². The quantitative estimate of drug-likeness (QED) is 0.294. The van der Waals surface area contributed by atoms with E-state index in [-0.39, 0.29) is 24.2 Å². The highest BCUT2D eigenvalue weighted by atomic mass is 32.2. The number of carbonyl (C=O) groups excluding carboxylic acids is 2. The Hall–Kier alpha value is -4.25. The first kappa shape index (κ1) is 27.3. The minimum absolute atomic E-state index is 0.151. The molecule has 0 spiro atoms. The Kier molecular flexibility index (Phi) is 9.33. The summed E-state index contributed by atoms with van der Waals surface area (Å²) in [6.07, 6.45) is 2.23. The second-order valence-electron chi connectivity index (χ2n) is 8.07. The van der Waals surface area contributed by atoms with Crippen LogP contribution >= 0.6 is 0 Å². The number of sulfonamides is 1. The van der Waals surface area contributed by atoms with Crippen molar-refractivity contribution in [3.05, 3.63) is 95.8 Å². The number of benzene rings is 3.